The third-order valence-electron chi connectivity index (χ3n) is 4.63. The maximum atomic E-state index is 12.1. The molecule has 1 saturated heterocycles. The van der Waals surface area contributed by atoms with E-state index in [1.54, 1.807) is 4.90 Å². The highest BCUT2D eigenvalue weighted by molar-refractivity contribution is 5.76. The lowest BCUT2D eigenvalue weighted by atomic mass is 9.90. The number of esters is 1. The Labute approximate surface area is 134 Å². The number of likely N-dealkylation sites (tertiary alicyclic amines) is 1. The minimum absolute atomic E-state index is 0.0958. The van der Waals surface area contributed by atoms with Crippen LogP contribution < -0.4 is 0 Å². The number of piperidine rings is 1. The van der Waals surface area contributed by atoms with Crippen LogP contribution in [0, 0.1) is 5.41 Å². The van der Waals surface area contributed by atoms with E-state index in [-0.39, 0.29) is 18.2 Å². The molecule has 22 heavy (non-hydrogen) atoms. The van der Waals surface area contributed by atoms with Gasteiger partial charge in [-0.25, -0.2) is 4.79 Å². The lowest BCUT2D eigenvalue weighted by molar-refractivity contribution is -0.161. The van der Waals surface area contributed by atoms with Crippen molar-refractivity contribution in [2.24, 2.45) is 5.41 Å². The van der Waals surface area contributed by atoms with Gasteiger partial charge in [0.2, 0.25) is 0 Å². The predicted octanol–water partition coefficient (Wildman–Crippen LogP) is 3.76. The smallest absolute Gasteiger partial charge is 0.410 e. The number of carbonyl (C=O) groups excluding carboxylic acids is 2. The van der Waals surface area contributed by atoms with Crippen molar-refractivity contribution in [3.8, 4) is 0 Å². The van der Waals surface area contributed by atoms with Gasteiger partial charge in [-0.3, -0.25) is 4.79 Å². The largest absolute Gasteiger partial charge is 0.462 e. The third kappa shape index (κ3) is 5.18. The average Bonchev–Trinajstić information content (AvgIpc) is 2.47. The summed E-state index contributed by atoms with van der Waals surface area (Å²) in [6.45, 7) is 12.7. The summed E-state index contributed by atoms with van der Waals surface area (Å²) >= 11 is 0. The van der Waals surface area contributed by atoms with Gasteiger partial charge in [0.05, 0.1) is 5.41 Å². The Balaban J connectivity index is 2.44. The van der Waals surface area contributed by atoms with Gasteiger partial charge in [-0.2, -0.15) is 0 Å². The first-order valence-corrected chi connectivity index (χ1v) is 8.30. The molecule has 0 N–H and O–H groups in total. The average molecular weight is 313 g/mol. The van der Waals surface area contributed by atoms with Crippen molar-refractivity contribution in [1.29, 1.82) is 0 Å². The molecule has 0 unspecified atom stereocenters. The van der Waals surface area contributed by atoms with Gasteiger partial charge in [0.25, 0.3) is 0 Å². The van der Waals surface area contributed by atoms with Crippen LogP contribution in [0.3, 0.4) is 0 Å². The van der Waals surface area contributed by atoms with Gasteiger partial charge in [-0.1, -0.05) is 13.8 Å². The Bertz CT molecular complexity index is 395. The molecule has 1 aliphatic rings. The van der Waals surface area contributed by atoms with E-state index in [2.05, 4.69) is 0 Å². The van der Waals surface area contributed by atoms with Gasteiger partial charge < -0.3 is 14.4 Å². The highest BCUT2D eigenvalue weighted by Gasteiger charge is 2.33. The van der Waals surface area contributed by atoms with E-state index in [9.17, 15) is 9.59 Å². The first kappa shape index (κ1) is 18.8. The molecule has 0 atom stereocenters. The second kappa shape index (κ2) is 7.34. The Morgan fingerprint density at radius 3 is 2.05 bits per heavy atom. The summed E-state index contributed by atoms with van der Waals surface area (Å²) in [5.41, 5.74) is -0.882. The number of amides is 1. The second-order valence-corrected chi connectivity index (χ2v) is 7.31. The fourth-order valence-electron chi connectivity index (χ4n) is 1.98. The van der Waals surface area contributed by atoms with Gasteiger partial charge >= 0.3 is 12.1 Å². The summed E-state index contributed by atoms with van der Waals surface area (Å²) in [5, 5.41) is 0. The van der Waals surface area contributed by atoms with Crippen LogP contribution in [0.4, 0.5) is 4.79 Å². The first-order chi connectivity index (χ1) is 10.1. The fraction of sp³-hybridized carbons (Fsp3) is 0.882. The van der Waals surface area contributed by atoms with Crippen LogP contribution in [0.5, 0.6) is 0 Å². The summed E-state index contributed by atoms with van der Waals surface area (Å²) in [7, 11) is 0. The number of ether oxygens (including phenoxy) is 2. The van der Waals surface area contributed by atoms with Crippen LogP contribution >= 0.6 is 0 Å². The Kier molecular flexibility index (Phi) is 6.27. The van der Waals surface area contributed by atoms with E-state index in [1.807, 2.05) is 41.5 Å². The lowest BCUT2D eigenvalue weighted by Crippen LogP contribution is -2.45. The molecule has 0 radical (unpaired) electrons. The quantitative estimate of drug-likeness (QED) is 0.725. The number of hydrogen-bond donors (Lipinski definition) is 0. The van der Waals surface area contributed by atoms with Crippen molar-refractivity contribution >= 4 is 12.1 Å². The molecule has 0 spiro atoms. The SMILES string of the molecule is CCC(C)(C)OC(=O)N1CCC(OC(=O)C(C)(C)CC)CC1. The molecule has 1 fully saturated rings. The molecule has 128 valence electrons. The highest BCUT2D eigenvalue weighted by Crippen LogP contribution is 2.25. The first-order valence-electron chi connectivity index (χ1n) is 8.30. The van der Waals surface area contributed by atoms with E-state index in [1.165, 1.54) is 0 Å². The molecule has 0 bridgehead atoms. The zero-order valence-electron chi connectivity index (χ0n) is 14.9. The summed E-state index contributed by atoms with van der Waals surface area (Å²) < 4.78 is 11.1. The molecule has 0 saturated carbocycles. The topological polar surface area (TPSA) is 55.8 Å². The number of nitrogens with zero attached hydrogens (tertiary/aromatic N) is 1. The molecular formula is C17H31NO4. The van der Waals surface area contributed by atoms with Crippen molar-refractivity contribution < 1.29 is 19.1 Å². The van der Waals surface area contributed by atoms with E-state index in [0.29, 0.717) is 25.9 Å². The van der Waals surface area contributed by atoms with E-state index in [4.69, 9.17) is 9.47 Å². The normalized spacial score (nSPS) is 17.3. The summed E-state index contributed by atoms with van der Waals surface area (Å²) in [6.07, 6.45) is 2.51. The molecule has 0 aromatic heterocycles. The summed E-state index contributed by atoms with van der Waals surface area (Å²) in [6, 6.07) is 0. The third-order valence-corrected chi connectivity index (χ3v) is 4.63. The van der Waals surface area contributed by atoms with E-state index in [0.717, 1.165) is 12.8 Å². The lowest BCUT2D eigenvalue weighted by Gasteiger charge is -2.34. The second-order valence-electron chi connectivity index (χ2n) is 7.31. The van der Waals surface area contributed by atoms with Crippen LogP contribution in [-0.4, -0.2) is 41.8 Å². The highest BCUT2D eigenvalue weighted by atomic mass is 16.6. The van der Waals surface area contributed by atoms with Crippen LogP contribution in [0.25, 0.3) is 0 Å². The van der Waals surface area contributed by atoms with Crippen molar-refractivity contribution in [3.63, 3.8) is 0 Å². The molecule has 5 heteroatoms. The Hall–Kier alpha value is -1.26. The van der Waals surface area contributed by atoms with Gasteiger partial charge in [0, 0.05) is 25.9 Å². The van der Waals surface area contributed by atoms with Gasteiger partial charge in [0.1, 0.15) is 11.7 Å². The van der Waals surface area contributed by atoms with Crippen LogP contribution in [0.2, 0.25) is 0 Å². The molecule has 0 aliphatic carbocycles. The van der Waals surface area contributed by atoms with Gasteiger partial charge in [-0.15, -0.1) is 0 Å². The minimum Gasteiger partial charge on any atom is -0.462 e. The van der Waals surface area contributed by atoms with E-state index >= 15 is 0 Å². The molecule has 1 rings (SSSR count). The van der Waals surface area contributed by atoms with Crippen molar-refractivity contribution in [1.82, 2.24) is 4.90 Å². The molecule has 0 aromatic carbocycles. The van der Waals surface area contributed by atoms with Crippen LogP contribution in [-0.2, 0) is 14.3 Å². The summed E-state index contributed by atoms with van der Waals surface area (Å²) in [4.78, 5) is 25.9. The Morgan fingerprint density at radius 2 is 1.59 bits per heavy atom. The van der Waals surface area contributed by atoms with Crippen LogP contribution in [0.1, 0.15) is 67.2 Å². The number of hydrogen-bond acceptors (Lipinski definition) is 4. The van der Waals surface area contributed by atoms with Crippen molar-refractivity contribution in [2.45, 2.75) is 78.9 Å². The zero-order chi connectivity index (χ0) is 17.0. The van der Waals surface area contributed by atoms with Crippen molar-refractivity contribution in [3.05, 3.63) is 0 Å². The summed E-state index contributed by atoms with van der Waals surface area (Å²) in [5.74, 6) is -0.150. The number of rotatable bonds is 5. The molecule has 5 nitrogen and oxygen atoms in total. The maximum absolute atomic E-state index is 12.1. The molecule has 0 aromatic rings. The maximum Gasteiger partial charge on any atom is 0.410 e. The molecule has 1 heterocycles. The fourth-order valence-corrected chi connectivity index (χ4v) is 1.98. The Morgan fingerprint density at radius 1 is 1.05 bits per heavy atom. The van der Waals surface area contributed by atoms with Crippen molar-refractivity contribution in [2.75, 3.05) is 13.1 Å². The monoisotopic (exact) mass is 313 g/mol. The van der Waals surface area contributed by atoms with Gasteiger partial charge in [-0.05, 0) is 40.5 Å². The molecule has 1 amide bonds. The zero-order valence-corrected chi connectivity index (χ0v) is 14.9. The number of carbonyl (C=O) groups is 2. The predicted molar refractivity (Wildman–Crippen MR) is 85.6 cm³/mol. The van der Waals surface area contributed by atoms with Crippen LogP contribution in [0.15, 0.2) is 0 Å². The standard InChI is InChI=1S/C17H31NO4/c1-7-16(3,4)14(19)21-13-9-11-18(12-10-13)15(20)22-17(5,6)8-2/h13H,7-12H2,1-6H3. The van der Waals surface area contributed by atoms with Gasteiger partial charge in [0.15, 0.2) is 0 Å². The molecule has 1 aliphatic heterocycles. The minimum atomic E-state index is -0.443. The molecular weight excluding hydrogens is 282 g/mol. The van der Waals surface area contributed by atoms with E-state index < -0.39 is 11.0 Å².